The van der Waals surface area contributed by atoms with E-state index in [9.17, 15) is 9.59 Å². The second-order valence-corrected chi connectivity index (χ2v) is 7.48. The number of hydrogen-bond acceptors (Lipinski definition) is 5. The Bertz CT molecular complexity index is 1170. The van der Waals surface area contributed by atoms with Gasteiger partial charge < -0.3 is 14.8 Å². The maximum Gasteiger partial charge on any atom is 0.267 e. The summed E-state index contributed by atoms with van der Waals surface area (Å²) in [5.74, 6) is 0.884. The summed E-state index contributed by atoms with van der Waals surface area (Å²) in [6.45, 7) is -0.163. The summed E-state index contributed by atoms with van der Waals surface area (Å²) >= 11 is 0. The van der Waals surface area contributed by atoms with Crippen LogP contribution in [0.2, 0.25) is 0 Å². The Morgan fingerprint density at radius 1 is 1.03 bits per heavy atom. The van der Waals surface area contributed by atoms with E-state index in [0.717, 1.165) is 30.5 Å². The molecule has 1 N–H and O–H groups in total. The molecule has 160 valence electrons. The van der Waals surface area contributed by atoms with Crippen LogP contribution in [0.25, 0.3) is 11.3 Å². The van der Waals surface area contributed by atoms with Gasteiger partial charge in [-0.3, -0.25) is 9.59 Å². The van der Waals surface area contributed by atoms with Gasteiger partial charge in [-0.15, -0.1) is 0 Å². The van der Waals surface area contributed by atoms with E-state index in [1.165, 1.54) is 28.3 Å². The van der Waals surface area contributed by atoms with Crippen LogP contribution in [0.1, 0.15) is 24.0 Å². The lowest BCUT2D eigenvalue weighted by Crippen LogP contribution is -2.29. The van der Waals surface area contributed by atoms with Crippen LogP contribution < -0.4 is 20.3 Å². The molecule has 1 amide bonds. The molecule has 1 aromatic heterocycles. The third kappa shape index (κ3) is 4.45. The van der Waals surface area contributed by atoms with Gasteiger partial charge in [0, 0.05) is 17.3 Å². The van der Waals surface area contributed by atoms with E-state index in [4.69, 9.17) is 9.47 Å². The van der Waals surface area contributed by atoms with Gasteiger partial charge in [0.1, 0.15) is 6.54 Å². The monoisotopic (exact) mass is 419 g/mol. The van der Waals surface area contributed by atoms with E-state index >= 15 is 0 Å². The second-order valence-electron chi connectivity index (χ2n) is 7.48. The summed E-state index contributed by atoms with van der Waals surface area (Å²) in [4.78, 5) is 25.0. The number of benzene rings is 2. The minimum absolute atomic E-state index is 0.163. The number of aromatic nitrogens is 2. The first-order chi connectivity index (χ1) is 15.1. The van der Waals surface area contributed by atoms with Crippen molar-refractivity contribution in [2.24, 2.45) is 0 Å². The van der Waals surface area contributed by atoms with Crippen molar-refractivity contribution in [3.63, 3.8) is 0 Å². The number of carbonyl (C=O) groups excluding carboxylic acids is 1. The van der Waals surface area contributed by atoms with Gasteiger partial charge in [0.05, 0.1) is 19.9 Å². The van der Waals surface area contributed by atoms with Crippen molar-refractivity contribution in [2.45, 2.75) is 32.2 Å². The van der Waals surface area contributed by atoms with Crippen LogP contribution >= 0.6 is 0 Å². The fourth-order valence-electron chi connectivity index (χ4n) is 3.94. The lowest BCUT2D eigenvalue weighted by Gasteiger charge is -2.19. The minimum atomic E-state index is -0.338. The Morgan fingerprint density at radius 3 is 2.65 bits per heavy atom. The van der Waals surface area contributed by atoms with E-state index in [0.29, 0.717) is 17.2 Å². The first kappa shape index (κ1) is 20.7. The summed E-state index contributed by atoms with van der Waals surface area (Å²) < 4.78 is 11.8. The van der Waals surface area contributed by atoms with Crippen LogP contribution in [-0.4, -0.2) is 29.9 Å². The van der Waals surface area contributed by atoms with Crippen LogP contribution in [0.4, 0.5) is 5.69 Å². The van der Waals surface area contributed by atoms with Gasteiger partial charge in [-0.05, 0) is 67.1 Å². The Morgan fingerprint density at radius 2 is 1.84 bits per heavy atom. The average molecular weight is 419 g/mol. The highest BCUT2D eigenvalue weighted by molar-refractivity contribution is 5.91. The normalized spacial score (nSPS) is 12.7. The summed E-state index contributed by atoms with van der Waals surface area (Å²) in [5, 5.41) is 7.35. The van der Waals surface area contributed by atoms with E-state index in [2.05, 4.69) is 16.5 Å². The molecular formula is C24H25N3O4. The minimum Gasteiger partial charge on any atom is -0.493 e. The lowest BCUT2D eigenvalue weighted by atomic mass is 9.90. The van der Waals surface area contributed by atoms with Gasteiger partial charge in [-0.2, -0.15) is 5.10 Å². The highest BCUT2D eigenvalue weighted by atomic mass is 16.5. The van der Waals surface area contributed by atoms with Gasteiger partial charge in [-0.25, -0.2) is 4.68 Å². The summed E-state index contributed by atoms with van der Waals surface area (Å²) in [5.41, 5.74) is 4.28. The molecule has 0 spiro atoms. The zero-order valence-corrected chi connectivity index (χ0v) is 17.7. The summed E-state index contributed by atoms with van der Waals surface area (Å²) in [6.07, 6.45) is 4.28. The molecule has 7 nitrogen and oxygen atoms in total. The molecule has 0 saturated carbocycles. The number of hydrogen-bond donors (Lipinski definition) is 1. The van der Waals surface area contributed by atoms with Crippen LogP contribution in [0.5, 0.6) is 11.5 Å². The zero-order chi connectivity index (χ0) is 21.8. The van der Waals surface area contributed by atoms with Crippen LogP contribution in [0, 0.1) is 0 Å². The molecule has 4 rings (SSSR count). The van der Waals surface area contributed by atoms with Crippen molar-refractivity contribution in [3.8, 4) is 22.8 Å². The van der Waals surface area contributed by atoms with Crippen molar-refractivity contribution in [1.29, 1.82) is 0 Å². The topological polar surface area (TPSA) is 82.5 Å². The molecule has 0 saturated heterocycles. The molecule has 1 heterocycles. The lowest BCUT2D eigenvalue weighted by molar-refractivity contribution is -0.117. The Labute approximate surface area is 180 Å². The third-order valence-electron chi connectivity index (χ3n) is 5.51. The maximum absolute atomic E-state index is 12.7. The molecule has 0 radical (unpaired) electrons. The molecule has 1 aliphatic rings. The Balaban J connectivity index is 1.56. The van der Waals surface area contributed by atoms with E-state index in [1.54, 1.807) is 32.4 Å². The number of amides is 1. The smallest absolute Gasteiger partial charge is 0.267 e. The number of carbonyl (C=O) groups is 1. The zero-order valence-electron chi connectivity index (χ0n) is 17.7. The second kappa shape index (κ2) is 9.04. The number of nitrogens with zero attached hydrogens (tertiary/aromatic N) is 2. The van der Waals surface area contributed by atoms with Gasteiger partial charge >= 0.3 is 0 Å². The number of aryl methyl sites for hydroxylation is 1. The van der Waals surface area contributed by atoms with Crippen molar-refractivity contribution < 1.29 is 14.3 Å². The van der Waals surface area contributed by atoms with E-state index < -0.39 is 0 Å². The number of nitrogens with one attached hydrogen (secondary N) is 1. The van der Waals surface area contributed by atoms with Crippen LogP contribution in [0.3, 0.4) is 0 Å². The van der Waals surface area contributed by atoms with Gasteiger partial charge in [0.25, 0.3) is 5.56 Å². The highest BCUT2D eigenvalue weighted by Crippen LogP contribution is 2.31. The van der Waals surface area contributed by atoms with Gasteiger partial charge in [-0.1, -0.05) is 12.1 Å². The maximum atomic E-state index is 12.7. The number of rotatable bonds is 6. The molecule has 3 aromatic rings. The van der Waals surface area contributed by atoms with Gasteiger partial charge in [0.2, 0.25) is 5.91 Å². The molecule has 0 atom stereocenters. The predicted molar refractivity (Wildman–Crippen MR) is 119 cm³/mol. The first-order valence-electron chi connectivity index (χ1n) is 10.3. The fourth-order valence-corrected chi connectivity index (χ4v) is 3.94. The van der Waals surface area contributed by atoms with Crippen molar-refractivity contribution in [2.75, 3.05) is 19.5 Å². The number of fused-ring (bicyclic) bond motifs is 1. The highest BCUT2D eigenvalue weighted by Gasteiger charge is 2.16. The standard InChI is InChI=1S/C24H25N3O4/c1-30-21-12-10-17(14-22(21)31-2)19-11-13-24(29)27(26-19)15-23(28)25-20-9-5-7-16-6-3-4-8-18(16)20/h5,7,9-14H,3-4,6,8,15H2,1-2H3,(H,25,28). The number of methoxy groups -OCH3 is 2. The SMILES string of the molecule is COc1ccc(-c2ccc(=O)n(CC(=O)Nc3cccc4c3CCCC4)n2)cc1OC. The number of ether oxygens (including phenoxy) is 2. The predicted octanol–water partition coefficient (Wildman–Crippen LogP) is 3.45. The molecule has 0 aliphatic heterocycles. The van der Waals surface area contributed by atoms with Gasteiger partial charge in [0.15, 0.2) is 11.5 Å². The molecule has 2 aromatic carbocycles. The molecule has 1 aliphatic carbocycles. The molecule has 0 unspecified atom stereocenters. The summed E-state index contributed by atoms with van der Waals surface area (Å²) in [7, 11) is 3.13. The quantitative estimate of drug-likeness (QED) is 0.662. The Kier molecular flexibility index (Phi) is 6.02. The molecule has 0 fully saturated rings. The molecule has 31 heavy (non-hydrogen) atoms. The summed E-state index contributed by atoms with van der Waals surface area (Å²) in [6, 6.07) is 14.4. The fraction of sp³-hybridized carbons (Fsp3) is 0.292. The largest absolute Gasteiger partial charge is 0.493 e. The van der Waals surface area contributed by atoms with Crippen molar-refractivity contribution in [1.82, 2.24) is 9.78 Å². The van der Waals surface area contributed by atoms with Crippen LogP contribution in [-0.2, 0) is 24.2 Å². The van der Waals surface area contributed by atoms with Crippen LogP contribution in [0.15, 0.2) is 53.3 Å². The average Bonchev–Trinajstić information content (AvgIpc) is 2.80. The molecule has 7 heteroatoms. The third-order valence-corrected chi connectivity index (χ3v) is 5.51. The van der Waals surface area contributed by atoms with E-state index in [1.807, 2.05) is 18.2 Å². The van der Waals surface area contributed by atoms with Crippen molar-refractivity contribution in [3.05, 3.63) is 70.0 Å². The Hall–Kier alpha value is -3.61. The van der Waals surface area contributed by atoms with Crippen molar-refractivity contribution >= 4 is 11.6 Å². The molecular weight excluding hydrogens is 394 g/mol. The first-order valence-corrected chi connectivity index (χ1v) is 10.3. The molecule has 0 bridgehead atoms. The number of anilines is 1. The van der Waals surface area contributed by atoms with E-state index in [-0.39, 0.29) is 18.0 Å².